The number of carboxylic acid groups (broad SMARTS) is 1. The van der Waals surface area contributed by atoms with E-state index in [0.717, 1.165) is 31.2 Å². The van der Waals surface area contributed by atoms with Crippen LogP contribution in [0.2, 0.25) is 0 Å². The van der Waals surface area contributed by atoms with E-state index in [-0.39, 0.29) is 17.9 Å². The molecule has 0 aromatic heterocycles. The maximum atomic E-state index is 13.1. The molecule has 1 aromatic rings. The van der Waals surface area contributed by atoms with Crippen LogP contribution in [0.3, 0.4) is 0 Å². The van der Waals surface area contributed by atoms with Crippen LogP contribution >= 0.6 is 0 Å². The monoisotopic (exact) mass is 433 g/mol. The summed E-state index contributed by atoms with van der Waals surface area (Å²) in [5.74, 6) is 0.559. The molecule has 0 heterocycles. The van der Waals surface area contributed by atoms with Gasteiger partial charge in [-0.3, -0.25) is 4.79 Å². The number of allylic oxidation sites excluding steroid dienone is 2. The van der Waals surface area contributed by atoms with E-state index in [1.807, 2.05) is 18.2 Å². The SMILES string of the molecule is CC(C)(C)c1ccc(S(=O)(=O)N[C@@H]2[C@@H]3CC[C@@H](C3)[C@H]2C/C=C\CCCC(=O)O)cc1. The van der Waals surface area contributed by atoms with Crippen LogP contribution in [-0.4, -0.2) is 25.5 Å². The summed E-state index contributed by atoms with van der Waals surface area (Å²) in [6.07, 6.45) is 9.98. The topological polar surface area (TPSA) is 83.5 Å². The highest BCUT2D eigenvalue weighted by atomic mass is 32.2. The van der Waals surface area contributed by atoms with Gasteiger partial charge in [-0.2, -0.15) is 0 Å². The smallest absolute Gasteiger partial charge is 0.303 e. The molecule has 6 heteroatoms. The van der Waals surface area contributed by atoms with Gasteiger partial charge in [-0.25, -0.2) is 13.1 Å². The zero-order valence-electron chi connectivity index (χ0n) is 18.3. The molecule has 0 amide bonds. The van der Waals surface area contributed by atoms with Crippen molar-refractivity contribution in [2.75, 3.05) is 0 Å². The van der Waals surface area contributed by atoms with Crippen LogP contribution in [0.5, 0.6) is 0 Å². The van der Waals surface area contributed by atoms with Gasteiger partial charge in [-0.15, -0.1) is 0 Å². The van der Waals surface area contributed by atoms with Crippen molar-refractivity contribution in [3.63, 3.8) is 0 Å². The van der Waals surface area contributed by atoms with Crippen molar-refractivity contribution in [1.29, 1.82) is 0 Å². The molecule has 0 saturated heterocycles. The fourth-order valence-electron chi connectivity index (χ4n) is 5.06. The van der Waals surface area contributed by atoms with Crippen LogP contribution in [0.15, 0.2) is 41.3 Å². The Morgan fingerprint density at radius 3 is 2.43 bits per heavy atom. The highest BCUT2D eigenvalue weighted by Crippen LogP contribution is 2.50. The lowest BCUT2D eigenvalue weighted by atomic mass is 9.83. The van der Waals surface area contributed by atoms with Crippen LogP contribution in [0, 0.1) is 17.8 Å². The average molecular weight is 434 g/mol. The second-order valence-corrected chi connectivity index (χ2v) is 11.6. The Hall–Kier alpha value is -1.66. The summed E-state index contributed by atoms with van der Waals surface area (Å²) < 4.78 is 29.2. The van der Waals surface area contributed by atoms with Crippen LogP contribution in [0.1, 0.15) is 71.3 Å². The van der Waals surface area contributed by atoms with Crippen LogP contribution in [0.25, 0.3) is 0 Å². The van der Waals surface area contributed by atoms with E-state index in [9.17, 15) is 13.2 Å². The Morgan fingerprint density at radius 1 is 1.13 bits per heavy atom. The molecular weight excluding hydrogens is 398 g/mol. The quantitative estimate of drug-likeness (QED) is 0.429. The first-order valence-electron chi connectivity index (χ1n) is 11.1. The summed E-state index contributed by atoms with van der Waals surface area (Å²) in [4.78, 5) is 10.9. The Morgan fingerprint density at radius 2 is 1.80 bits per heavy atom. The van der Waals surface area contributed by atoms with Gasteiger partial charge in [0.15, 0.2) is 0 Å². The molecule has 0 aliphatic heterocycles. The van der Waals surface area contributed by atoms with Gasteiger partial charge in [-0.05, 0) is 79.4 Å². The molecule has 2 bridgehead atoms. The first kappa shape index (κ1) is 23.0. The Labute approximate surface area is 181 Å². The normalized spacial score (nSPS) is 26.5. The summed E-state index contributed by atoms with van der Waals surface area (Å²) in [5.41, 5.74) is 1.11. The molecule has 0 spiro atoms. The standard InChI is InChI=1S/C24H35NO4S/c1-24(2,3)19-12-14-20(15-13-19)30(28,29)25-23-18-11-10-17(16-18)21(23)8-6-4-5-7-9-22(26)27/h4,6,12-15,17-18,21,23,25H,5,7-11,16H2,1-3H3,(H,26,27)/b6-4-/t17-,18+,21+,23+/m0/s1. The zero-order chi connectivity index (χ0) is 21.9. The number of carboxylic acids is 1. The molecule has 1 aromatic carbocycles. The number of nitrogens with one attached hydrogen (secondary N) is 1. The van der Waals surface area contributed by atoms with Gasteiger partial charge in [0, 0.05) is 12.5 Å². The van der Waals surface area contributed by atoms with E-state index in [1.165, 1.54) is 6.42 Å². The van der Waals surface area contributed by atoms with E-state index >= 15 is 0 Å². The van der Waals surface area contributed by atoms with Crippen molar-refractivity contribution in [1.82, 2.24) is 4.72 Å². The molecule has 2 aliphatic carbocycles. The summed E-state index contributed by atoms with van der Waals surface area (Å²) in [7, 11) is -3.55. The maximum absolute atomic E-state index is 13.1. The van der Waals surface area contributed by atoms with Crippen molar-refractivity contribution in [2.24, 2.45) is 17.8 Å². The van der Waals surface area contributed by atoms with Crippen LogP contribution < -0.4 is 4.72 Å². The minimum atomic E-state index is -3.55. The Balaban J connectivity index is 1.64. The molecule has 5 nitrogen and oxygen atoms in total. The second-order valence-electron chi connectivity index (χ2n) is 9.91. The molecule has 4 atom stereocenters. The minimum absolute atomic E-state index is 0.0117. The third kappa shape index (κ3) is 5.52. The number of rotatable bonds is 9. The van der Waals surface area contributed by atoms with Gasteiger partial charge in [0.25, 0.3) is 0 Å². The van der Waals surface area contributed by atoms with E-state index in [4.69, 9.17) is 5.11 Å². The summed E-state index contributed by atoms with van der Waals surface area (Å²) in [6.45, 7) is 6.34. The van der Waals surface area contributed by atoms with E-state index in [2.05, 4.69) is 31.6 Å². The first-order chi connectivity index (χ1) is 14.1. The number of fused-ring (bicyclic) bond motifs is 2. The minimum Gasteiger partial charge on any atom is -0.481 e. The maximum Gasteiger partial charge on any atom is 0.303 e. The van der Waals surface area contributed by atoms with Crippen LogP contribution in [0.4, 0.5) is 0 Å². The average Bonchev–Trinajstić information content (AvgIpc) is 3.26. The molecule has 2 aliphatic rings. The number of unbranched alkanes of at least 4 members (excludes halogenated alkanes) is 1. The fraction of sp³-hybridized carbons (Fsp3) is 0.625. The molecule has 30 heavy (non-hydrogen) atoms. The Bertz CT molecular complexity index is 867. The molecular formula is C24H35NO4S. The predicted octanol–water partition coefficient (Wildman–Crippen LogP) is 4.88. The zero-order valence-corrected chi connectivity index (χ0v) is 19.1. The van der Waals surface area contributed by atoms with E-state index in [0.29, 0.717) is 29.1 Å². The third-order valence-corrected chi connectivity index (χ3v) is 8.22. The number of aliphatic carboxylic acids is 1. The summed E-state index contributed by atoms with van der Waals surface area (Å²) in [5, 5.41) is 8.72. The molecule has 3 rings (SSSR count). The molecule has 166 valence electrons. The lowest BCUT2D eigenvalue weighted by Gasteiger charge is -2.31. The van der Waals surface area contributed by atoms with Gasteiger partial charge >= 0.3 is 5.97 Å². The number of sulfonamides is 1. The molecule has 0 radical (unpaired) electrons. The molecule has 2 saturated carbocycles. The highest BCUT2D eigenvalue weighted by molar-refractivity contribution is 7.89. The summed E-state index contributed by atoms with van der Waals surface area (Å²) in [6, 6.07) is 7.24. The Kier molecular flexibility index (Phi) is 7.08. The van der Waals surface area contributed by atoms with E-state index in [1.54, 1.807) is 12.1 Å². The van der Waals surface area contributed by atoms with Gasteiger partial charge in [0.2, 0.25) is 10.0 Å². The number of carbonyl (C=O) groups is 1. The van der Waals surface area contributed by atoms with Crippen molar-refractivity contribution >= 4 is 16.0 Å². The van der Waals surface area contributed by atoms with Crippen LogP contribution in [-0.2, 0) is 20.2 Å². The van der Waals surface area contributed by atoms with Crippen molar-refractivity contribution in [3.05, 3.63) is 42.0 Å². The molecule has 2 fully saturated rings. The van der Waals surface area contributed by atoms with Gasteiger partial charge in [0.1, 0.15) is 0 Å². The molecule has 2 N–H and O–H groups in total. The van der Waals surface area contributed by atoms with Gasteiger partial charge in [-0.1, -0.05) is 45.1 Å². The predicted molar refractivity (Wildman–Crippen MR) is 119 cm³/mol. The number of benzene rings is 1. The largest absolute Gasteiger partial charge is 0.481 e. The second kappa shape index (κ2) is 9.23. The highest BCUT2D eigenvalue weighted by Gasteiger charge is 2.48. The number of hydrogen-bond acceptors (Lipinski definition) is 3. The van der Waals surface area contributed by atoms with Crippen molar-refractivity contribution in [3.8, 4) is 0 Å². The number of hydrogen-bond donors (Lipinski definition) is 2. The van der Waals surface area contributed by atoms with Crippen molar-refractivity contribution < 1.29 is 18.3 Å². The van der Waals surface area contributed by atoms with E-state index < -0.39 is 16.0 Å². The fourth-order valence-corrected chi connectivity index (χ4v) is 6.41. The first-order valence-corrected chi connectivity index (χ1v) is 12.6. The van der Waals surface area contributed by atoms with Crippen molar-refractivity contribution in [2.45, 2.75) is 82.1 Å². The van der Waals surface area contributed by atoms with Gasteiger partial charge < -0.3 is 5.11 Å². The van der Waals surface area contributed by atoms with Gasteiger partial charge in [0.05, 0.1) is 4.90 Å². The summed E-state index contributed by atoms with van der Waals surface area (Å²) >= 11 is 0. The third-order valence-electron chi connectivity index (χ3n) is 6.75. The molecule has 0 unspecified atom stereocenters. The lowest BCUT2D eigenvalue weighted by molar-refractivity contribution is -0.137. The lowest BCUT2D eigenvalue weighted by Crippen LogP contribution is -2.43.